The maximum atomic E-state index is 12.4. The Kier molecular flexibility index (Phi) is 5.89. The first-order valence-corrected chi connectivity index (χ1v) is 9.70. The van der Waals surface area contributed by atoms with Crippen LogP contribution in [0.4, 0.5) is 5.69 Å². The summed E-state index contributed by atoms with van der Waals surface area (Å²) >= 11 is 1.27. The van der Waals surface area contributed by atoms with Crippen molar-refractivity contribution in [1.82, 2.24) is 5.32 Å². The van der Waals surface area contributed by atoms with E-state index in [1.54, 1.807) is 49.6 Å². The molecule has 1 aliphatic heterocycles. The van der Waals surface area contributed by atoms with E-state index in [0.29, 0.717) is 16.1 Å². The predicted molar refractivity (Wildman–Crippen MR) is 104 cm³/mol. The maximum Gasteiger partial charge on any atom is 0.329 e. The molecule has 2 aromatic rings. The highest BCUT2D eigenvalue weighted by atomic mass is 32.1. The van der Waals surface area contributed by atoms with Gasteiger partial charge in [-0.05, 0) is 41.1 Å². The molecule has 7 nitrogen and oxygen atoms in total. The zero-order valence-corrected chi connectivity index (χ0v) is 16.3. The molecule has 2 amide bonds. The highest BCUT2D eigenvalue weighted by Crippen LogP contribution is 2.24. The third-order valence-electron chi connectivity index (χ3n) is 4.35. The molecule has 146 valence electrons. The lowest BCUT2D eigenvalue weighted by Gasteiger charge is -2.20. The molecule has 3 rings (SSSR count). The zero-order valence-electron chi connectivity index (χ0n) is 15.5. The Hall–Kier alpha value is -3.00. The Morgan fingerprint density at radius 1 is 1.25 bits per heavy atom. The Bertz CT molecular complexity index is 921. The molecule has 0 saturated carbocycles. The minimum absolute atomic E-state index is 0.118. The number of carbonyl (C=O) groups is 4. The van der Waals surface area contributed by atoms with Crippen molar-refractivity contribution >= 4 is 40.6 Å². The largest absolute Gasteiger partial charge is 0.456 e. The summed E-state index contributed by atoms with van der Waals surface area (Å²) in [5, 5.41) is 7.13. The number of Topliss-reactive ketones (excluding diaryl/α,β-unsaturated/α-hetero) is 1. The number of fused-ring (bicyclic) bond motifs is 1. The molecule has 8 heteroatoms. The molecule has 1 aliphatic rings. The van der Waals surface area contributed by atoms with Crippen molar-refractivity contribution < 1.29 is 23.9 Å². The van der Waals surface area contributed by atoms with Gasteiger partial charge in [-0.15, -0.1) is 11.3 Å². The van der Waals surface area contributed by atoms with Crippen LogP contribution in [0, 0.1) is 5.92 Å². The molecule has 0 spiro atoms. The number of esters is 1. The Labute approximate surface area is 166 Å². The average Bonchev–Trinajstić information content (AvgIpc) is 3.31. The Balaban J connectivity index is 1.60. The van der Waals surface area contributed by atoms with E-state index >= 15 is 0 Å². The SMILES string of the molecule is CC(C)[C@H](NC(=O)c1cccs1)C(=O)OCC(=O)c1ccc2c(c1)CC(=O)N2. The van der Waals surface area contributed by atoms with Crippen LogP contribution >= 0.6 is 11.3 Å². The number of ether oxygens (including phenoxy) is 1. The summed E-state index contributed by atoms with van der Waals surface area (Å²) in [6.07, 6.45) is 0.223. The van der Waals surface area contributed by atoms with Crippen molar-refractivity contribution in [2.45, 2.75) is 26.3 Å². The lowest BCUT2D eigenvalue weighted by molar-refractivity contribution is -0.146. The van der Waals surface area contributed by atoms with Crippen LogP contribution in [0.3, 0.4) is 0 Å². The zero-order chi connectivity index (χ0) is 20.3. The molecule has 2 N–H and O–H groups in total. The smallest absolute Gasteiger partial charge is 0.329 e. The van der Waals surface area contributed by atoms with Crippen molar-refractivity contribution in [1.29, 1.82) is 0 Å². The summed E-state index contributed by atoms with van der Waals surface area (Å²) in [6, 6.07) is 7.43. The van der Waals surface area contributed by atoms with Gasteiger partial charge in [-0.3, -0.25) is 14.4 Å². The van der Waals surface area contributed by atoms with E-state index in [1.807, 2.05) is 0 Å². The summed E-state index contributed by atoms with van der Waals surface area (Å²) in [5.74, 6) is -1.71. The average molecular weight is 400 g/mol. The number of anilines is 1. The number of ketones is 1. The van der Waals surface area contributed by atoms with Crippen LogP contribution < -0.4 is 10.6 Å². The van der Waals surface area contributed by atoms with Crippen molar-refractivity contribution in [3.63, 3.8) is 0 Å². The standard InChI is InChI=1S/C20H20N2O5S/c1-11(2)18(22-19(25)16-4-3-7-28-16)20(26)27-10-15(23)12-5-6-14-13(8-12)9-17(24)21-14/h3-8,11,18H,9-10H2,1-2H3,(H,21,24)(H,22,25)/t18-/m0/s1. The number of benzene rings is 1. The van der Waals surface area contributed by atoms with E-state index in [9.17, 15) is 19.2 Å². The van der Waals surface area contributed by atoms with E-state index < -0.39 is 18.6 Å². The summed E-state index contributed by atoms with van der Waals surface area (Å²) < 4.78 is 5.16. The molecule has 1 atom stereocenters. The molecule has 1 aromatic carbocycles. The minimum Gasteiger partial charge on any atom is -0.456 e. The van der Waals surface area contributed by atoms with E-state index in [1.165, 1.54) is 11.3 Å². The number of thiophene rings is 1. The third-order valence-corrected chi connectivity index (χ3v) is 5.22. The van der Waals surface area contributed by atoms with Gasteiger partial charge in [0.1, 0.15) is 6.04 Å². The number of nitrogens with one attached hydrogen (secondary N) is 2. The number of carbonyl (C=O) groups excluding carboxylic acids is 4. The van der Waals surface area contributed by atoms with E-state index in [-0.39, 0.29) is 29.9 Å². The van der Waals surface area contributed by atoms with E-state index in [4.69, 9.17) is 4.74 Å². The second-order valence-corrected chi connectivity index (χ2v) is 7.75. The first-order chi connectivity index (χ1) is 13.3. The van der Waals surface area contributed by atoms with Crippen molar-refractivity contribution in [2.24, 2.45) is 5.92 Å². The topological polar surface area (TPSA) is 102 Å². The first-order valence-electron chi connectivity index (χ1n) is 8.82. The molecule has 1 aromatic heterocycles. The molecule has 0 unspecified atom stereocenters. The van der Waals surface area contributed by atoms with Gasteiger partial charge in [0.05, 0.1) is 11.3 Å². The van der Waals surface area contributed by atoms with Gasteiger partial charge in [0, 0.05) is 11.3 Å². The quantitative estimate of drug-likeness (QED) is 0.549. The molecule has 2 heterocycles. The highest BCUT2D eigenvalue weighted by molar-refractivity contribution is 7.12. The minimum atomic E-state index is -0.857. The molecule has 0 bridgehead atoms. The van der Waals surface area contributed by atoms with Gasteiger partial charge in [0.15, 0.2) is 12.4 Å². The lowest BCUT2D eigenvalue weighted by atomic mass is 10.0. The fourth-order valence-electron chi connectivity index (χ4n) is 2.83. The number of amides is 2. The molecule has 0 saturated heterocycles. The fraction of sp³-hybridized carbons (Fsp3) is 0.300. The Morgan fingerprint density at radius 3 is 2.71 bits per heavy atom. The van der Waals surface area contributed by atoms with E-state index in [0.717, 1.165) is 5.56 Å². The molecule has 0 aliphatic carbocycles. The van der Waals surface area contributed by atoms with Gasteiger partial charge in [-0.25, -0.2) is 4.79 Å². The van der Waals surface area contributed by atoms with E-state index in [2.05, 4.69) is 10.6 Å². The molecular weight excluding hydrogens is 380 g/mol. The van der Waals surface area contributed by atoms with Crippen LogP contribution in [0.15, 0.2) is 35.7 Å². The number of hydrogen-bond acceptors (Lipinski definition) is 6. The fourth-order valence-corrected chi connectivity index (χ4v) is 3.46. The van der Waals surface area contributed by atoms with Gasteiger partial charge >= 0.3 is 5.97 Å². The second-order valence-electron chi connectivity index (χ2n) is 6.80. The monoisotopic (exact) mass is 400 g/mol. The van der Waals surface area contributed by atoms with Gasteiger partial charge in [-0.2, -0.15) is 0 Å². The van der Waals surface area contributed by atoms with Crippen LogP contribution in [0.1, 0.15) is 39.4 Å². The van der Waals surface area contributed by atoms with Gasteiger partial charge in [-0.1, -0.05) is 19.9 Å². The third kappa shape index (κ3) is 4.45. The molecule has 0 fully saturated rings. The second kappa shape index (κ2) is 8.35. The lowest BCUT2D eigenvalue weighted by Crippen LogP contribution is -2.45. The summed E-state index contributed by atoms with van der Waals surface area (Å²) in [4.78, 5) is 48.9. The molecule has 0 radical (unpaired) electrons. The summed E-state index contributed by atoms with van der Waals surface area (Å²) in [5.41, 5.74) is 1.80. The van der Waals surface area contributed by atoms with Crippen molar-refractivity contribution in [3.8, 4) is 0 Å². The number of rotatable bonds is 7. The summed E-state index contributed by atoms with van der Waals surface area (Å²) in [7, 11) is 0. The highest BCUT2D eigenvalue weighted by Gasteiger charge is 2.27. The van der Waals surface area contributed by atoms with Gasteiger partial charge in [0.2, 0.25) is 5.91 Å². The Morgan fingerprint density at radius 2 is 2.04 bits per heavy atom. The van der Waals surface area contributed by atoms with Crippen LogP contribution in [0.25, 0.3) is 0 Å². The van der Waals surface area contributed by atoms with Crippen molar-refractivity contribution in [2.75, 3.05) is 11.9 Å². The van der Waals surface area contributed by atoms with Crippen LogP contribution in [0.5, 0.6) is 0 Å². The normalized spacial score (nSPS) is 13.6. The summed E-state index contributed by atoms with van der Waals surface area (Å²) in [6.45, 7) is 3.14. The van der Waals surface area contributed by atoms with Crippen molar-refractivity contribution in [3.05, 3.63) is 51.7 Å². The molecule has 28 heavy (non-hydrogen) atoms. The number of hydrogen-bond donors (Lipinski definition) is 2. The van der Waals surface area contributed by atoms with Crippen LogP contribution in [0.2, 0.25) is 0 Å². The van der Waals surface area contributed by atoms with Crippen LogP contribution in [-0.4, -0.2) is 36.2 Å². The predicted octanol–water partition coefficient (Wildman–Crippen LogP) is 2.42. The first kappa shape index (κ1) is 19.8. The van der Waals surface area contributed by atoms with Crippen LogP contribution in [-0.2, 0) is 20.7 Å². The molecular formula is C20H20N2O5S. The maximum absolute atomic E-state index is 12.4. The van der Waals surface area contributed by atoms with Gasteiger partial charge in [0.25, 0.3) is 5.91 Å². The van der Waals surface area contributed by atoms with Gasteiger partial charge < -0.3 is 15.4 Å².